The molecule has 1 aliphatic rings. The molecule has 1 aromatic rings. The molecule has 1 aliphatic carbocycles. The van der Waals surface area contributed by atoms with Gasteiger partial charge in [0.15, 0.2) is 0 Å². The fourth-order valence-electron chi connectivity index (χ4n) is 2.32. The number of ether oxygens (including phenoxy) is 2. The Morgan fingerprint density at radius 3 is 2.46 bits per heavy atom. The van der Waals surface area contributed by atoms with Crippen LogP contribution < -0.4 is 0 Å². The minimum atomic E-state index is -0.614. The van der Waals surface area contributed by atoms with Crippen LogP contribution in [0.1, 0.15) is 32.8 Å². The molecule has 0 unspecified atom stereocenters. The van der Waals surface area contributed by atoms with Crippen LogP contribution in [0, 0.1) is 11.8 Å². The first kappa shape index (κ1) is 18.3. The predicted molar refractivity (Wildman–Crippen MR) is 87.8 cm³/mol. The van der Waals surface area contributed by atoms with Crippen molar-refractivity contribution in [1.29, 1.82) is 0 Å². The maximum Gasteiger partial charge on any atom is 0.434 e. The summed E-state index contributed by atoms with van der Waals surface area (Å²) in [4.78, 5) is 29.6. The summed E-state index contributed by atoms with van der Waals surface area (Å²) < 4.78 is 10.1. The SMILES string of the molecule is COC(=O)[C@@H]1C[C@@H]1CN(OCc1ccccc1)C(=O)OC(C)(C)C. The van der Waals surface area contributed by atoms with E-state index in [4.69, 9.17) is 14.3 Å². The molecule has 2 atom stereocenters. The molecule has 1 fully saturated rings. The van der Waals surface area contributed by atoms with Crippen LogP contribution in [0.4, 0.5) is 4.79 Å². The minimum Gasteiger partial charge on any atom is -0.469 e. The van der Waals surface area contributed by atoms with Crippen molar-refractivity contribution < 1.29 is 23.9 Å². The van der Waals surface area contributed by atoms with Crippen molar-refractivity contribution >= 4 is 12.1 Å². The largest absolute Gasteiger partial charge is 0.469 e. The van der Waals surface area contributed by atoms with Gasteiger partial charge in [0.2, 0.25) is 0 Å². The number of rotatable bonds is 6. The number of hydrogen-bond donors (Lipinski definition) is 0. The molecule has 1 saturated carbocycles. The fourth-order valence-corrected chi connectivity index (χ4v) is 2.32. The smallest absolute Gasteiger partial charge is 0.434 e. The molecule has 6 nitrogen and oxygen atoms in total. The summed E-state index contributed by atoms with van der Waals surface area (Å²) in [5, 5.41) is 1.21. The van der Waals surface area contributed by atoms with E-state index in [9.17, 15) is 9.59 Å². The van der Waals surface area contributed by atoms with Gasteiger partial charge in [0.05, 0.1) is 19.6 Å². The number of esters is 1. The van der Waals surface area contributed by atoms with E-state index < -0.39 is 11.7 Å². The first-order chi connectivity index (χ1) is 11.3. The van der Waals surface area contributed by atoms with Crippen molar-refractivity contribution in [3.63, 3.8) is 0 Å². The molecule has 24 heavy (non-hydrogen) atoms. The molecule has 0 spiro atoms. The van der Waals surface area contributed by atoms with Crippen LogP contribution in [0.3, 0.4) is 0 Å². The molecule has 1 aromatic carbocycles. The molecule has 0 radical (unpaired) electrons. The van der Waals surface area contributed by atoms with Gasteiger partial charge < -0.3 is 9.47 Å². The van der Waals surface area contributed by atoms with Gasteiger partial charge in [-0.15, -0.1) is 0 Å². The number of carbonyl (C=O) groups excluding carboxylic acids is 2. The third-order valence-corrected chi connectivity index (χ3v) is 3.65. The van der Waals surface area contributed by atoms with E-state index in [1.807, 2.05) is 30.3 Å². The number of hydrogen-bond acceptors (Lipinski definition) is 5. The molecule has 0 bridgehead atoms. The molecule has 0 N–H and O–H groups in total. The Bertz CT molecular complexity index is 567. The average molecular weight is 335 g/mol. The lowest BCUT2D eigenvalue weighted by Crippen LogP contribution is -2.38. The Morgan fingerprint density at radius 2 is 1.88 bits per heavy atom. The van der Waals surface area contributed by atoms with Gasteiger partial charge in [-0.2, -0.15) is 5.06 Å². The van der Waals surface area contributed by atoms with Gasteiger partial charge in [0.1, 0.15) is 12.2 Å². The van der Waals surface area contributed by atoms with Crippen molar-refractivity contribution in [2.45, 2.75) is 39.4 Å². The van der Waals surface area contributed by atoms with E-state index in [1.54, 1.807) is 20.8 Å². The van der Waals surface area contributed by atoms with Crippen molar-refractivity contribution in [2.75, 3.05) is 13.7 Å². The summed E-state index contributed by atoms with van der Waals surface area (Å²) in [5.41, 5.74) is 0.336. The second kappa shape index (κ2) is 7.66. The predicted octanol–water partition coefficient (Wildman–Crippen LogP) is 3.16. The van der Waals surface area contributed by atoms with Crippen LogP contribution in [0.25, 0.3) is 0 Å². The van der Waals surface area contributed by atoms with Crippen LogP contribution >= 0.6 is 0 Å². The highest BCUT2D eigenvalue weighted by atomic mass is 16.7. The molecule has 2 rings (SSSR count). The zero-order chi connectivity index (χ0) is 17.7. The van der Waals surface area contributed by atoms with Crippen molar-refractivity contribution in [3.8, 4) is 0 Å². The zero-order valence-electron chi connectivity index (χ0n) is 14.7. The summed E-state index contributed by atoms with van der Waals surface area (Å²) in [5.74, 6) is -0.367. The van der Waals surface area contributed by atoms with Gasteiger partial charge in [0.25, 0.3) is 0 Å². The molecule has 132 valence electrons. The van der Waals surface area contributed by atoms with Gasteiger partial charge >= 0.3 is 12.1 Å². The second-order valence-corrected chi connectivity index (χ2v) is 6.93. The quantitative estimate of drug-likeness (QED) is 0.590. The van der Waals surface area contributed by atoms with E-state index in [2.05, 4.69) is 0 Å². The number of nitrogens with zero attached hydrogens (tertiary/aromatic N) is 1. The van der Waals surface area contributed by atoms with Gasteiger partial charge in [-0.1, -0.05) is 30.3 Å². The third-order valence-electron chi connectivity index (χ3n) is 3.65. The number of carbonyl (C=O) groups is 2. The summed E-state index contributed by atoms with van der Waals surface area (Å²) in [7, 11) is 1.37. The topological polar surface area (TPSA) is 65.1 Å². The van der Waals surface area contributed by atoms with E-state index in [-0.39, 0.29) is 24.4 Å². The van der Waals surface area contributed by atoms with E-state index in [1.165, 1.54) is 12.2 Å². The second-order valence-electron chi connectivity index (χ2n) is 6.93. The highest BCUT2D eigenvalue weighted by molar-refractivity contribution is 5.75. The third kappa shape index (κ3) is 5.53. The summed E-state index contributed by atoms with van der Waals surface area (Å²) in [6.45, 7) is 5.97. The van der Waals surface area contributed by atoms with Gasteiger partial charge in [-0.25, -0.2) is 4.79 Å². The molecular weight excluding hydrogens is 310 g/mol. The highest BCUT2D eigenvalue weighted by Gasteiger charge is 2.46. The van der Waals surface area contributed by atoms with Gasteiger partial charge in [-0.05, 0) is 38.7 Å². The number of benzene rings is 1. The Hall–Kier alpha value is -2.08. The number of hydroxylamine groups is 2. The van der Waals surface area contributed by atoms with Crippen LogP contribution in [-0.4, -0.2) is 36.4 Å². The highest BCUT2D eigenvalue weighted by Crippen LogP contribution is 2.40. The molecule has 0 saturated heterocycles. The number of methoxy groups -OCH3 is 1. The molecule has 0 aromatic heterocycles. The molecule has 1 amide bonds. The summed E-state index contributed by atoms with van der Waals surface area (Å²) in [6, 6.07) is 9.57. The standard InChI is InChI=1S/C18H25NO5/c1-18(2,3)24-17(21)19(11-14-10-15(14)16(20)22-4)23-12-13-8-6-5-7-9-13/h5-9,14-15H,10-12H2,1-4H3/t14-,15-/m1/s1. The van der Waals surface area contributed by atoms with Crippen molar-refractivity contribution in [1.82, 2.24) is 5.06 Å². The van der Waals surface area contributed by atoms with E-state index >= 15 is 0 Å². The maximum absolute atomic E-state index is 12.4. The molecular formula is C18H25NO5. The van der Waals surface area contributed by atoms with Crippen LogP contribution in [-0.2, 0) is 25.7 Å². The molecule has 0 aliphatic heterocycles. The first-order valence-corrected chi connectivity index (χ1v) is 8.05. The zero-order valence-corrected chi connectivity index (χ0v) is 14.7. The summed E-state index contributed by atoms with van der Waals surface area (Å²) in [6.07, 6.45) is 0.148. The lowest BCUT2D eigenvalue weighted by atomic mass is 10.2. The number of amides is 1. The normalized spacial score (nSPS) is 19.5. The Kier molecular flexibility index (Phi) is 5.83. The lowest BCUT2D eigenvalue weighted by Gasteiger charge is -2.26. The van der Waals surface area contributed by atoms with Crippen molar-refractivity contribution in [2.24, 2.45) is 11.8 Å². The average Bonchev–Trinajstić information content (AvgIpc) is 3.29. The summed E-state index contributed by atoms with van der Waals surface area (Å²) >= 11 is 0. The van der Waals surface area contributed by atoms with Crippen LogP contribution in [0.2, 0.25) is 0 Å². The van der Waals surface area contributed by atoms with Gasteiger partial charge in [0, 0.05) is 0 Å². The first-order valence-electron chi connectivity index (χ1n) is 8.05. The Balaban J connectivity index is 1.96. The van der Waals surface area contributed by atoms with Crippen LogP contribution in [0.15, 0.2) is 30.3 Å². The Labute approximate surface area is 142 Å². The Morgan fingerprint density at radius 1 is 1.21 bits per heavy atom. The van der Waals surface area contributed by atoms with Gasteiger partial charge in [-0.3, -0.25) is 9.63 Å². The van der Waals surface area contributed by atoms with Crippen LogP contribution in [0.5, 0.6) is 0 Å². The molecule has 6 heteroatoms. The minimum absolute atomic E-state index is 0.0424. The lowest BCUT2D eigenvalue weighted by molar-refractivity contribution is -0.160. The maximum atomic E-state index is 12.4. The van der Waals surface area contributed by atoms with E-state index in [0.29, 0.717) is 13.0 Å². The fraction of sp³-hybridized carbons (Fsp3) is 0.556. The van der Waals surface area contributed by atoms with E-state index in [0.717, 1.165) is 5.56 Å². The van der Waals surface area contributed by atoms with Crippen molar-refractivity contribution in [3.05, 3.63) is 35.9 Å². The molecule has 0 heterocycles. The monoisotopic (exact) mass is 335 g/mol.